The van der Waals surface area contributed by atoms with Crippen LogP contribution in [0.2, 0.25) is 0 Å². The Hall–Kier alpha value is -1.40. The molecular formula is C14H28N6. The Bertz CT molecular complexity index is 382. The SMILES string of the molecule is CCc1nc(NN)cc(N(CCN(C)C)CC(C)C)n1. The van der Waals surface area contributed by atoms with E-state index < -0.39 is 0 Å². The Balaban J connectivity index is 2.98. The Morgan fingerprint density at radius 3 is 2.45 bits per heavy atom. The smallest absolute Gasteiger partial charge is 0.145 e. The second-order valence-corrected chi connectivity index (χ2v) is 5.67. The molecule has 0 aliphatic heterocycles. The average Bonchev–Trinajstić information content (AvgIpc) is 2.42. The highest BCUT2D eigenvalue weighted by molar-refractivity contribution is 5.49. The molecular weight excluding hydrogens is 252 g/mol. The van der Waals surface area contributed by atoms with Gasteiger partial charge in [-0.25, -0.2) is 15.8 Å². The van der Waals surface area contributed by atoms with Crippen LogP contribution in [0.1, 0.15) is 26.6 Å². The number of hydrogen-bond acceptors (Lipinski definition) is 6. The summed E-state index contributed by atoms with van der Waals surface area (Å²) in [6.07, 6.45) is 0.797. The highest BCUT2D eigenvalue weighted by atomic mass is 15.3. The van der Waals surface area contributed by atoms with Crippen LogP contribution in [0, 0.1) is 5.92 Å². The largest absolute Gasteiger partial charge is 0.355 e. The van der Waals surface area contributed by atoms with Crippen molar-refractivity contribution in [2.75, 3.05) is 44.1 Å². The molecule has 3 N–H and O–H groups in total. The maximum atomic E-state index is 5.50. The number of hydrogen-bond donors (Lipinski definition) is 2. The standard InChI is InChI=1S/C14H28N6/c1-6-12-16-13(18-15)9-14(17-12)20(10-11(2)3)8-7-19(4)5/h9,11H,6-8,10,15H2,1-5H3,(H,16,17,18). The molecule has 0 atom stereocenters. The summed E-state index contributed by atoms with van der Waals surface area (Å²) in [5.41, 5.74) is 2.63. The lowest BCUT2D eigenvalue weighted by atomic mass is 10.2. The fourth-order valence-electron chi connectivity index (χ4n) is 1.94. The molecule has 0 spiro atoms. The van der Waals surface area contributed by atoms with Crippen molar-refractivity contribution in [1.82, 2.24) is 14.9 Å². The number of nitrogens with zero attached hydrogens (tertiary/aromatic N) is 4. The lowest BCUT2D eigenvalue weighted by Crippen LogP contribution is -2.35. The van der Waals surface area contributed by atoms with Crippen LogP contribution in [0.4, 0.5) is 11.6 Å². The zero-order valence-electron chi connectivity index (χ0n) is 13.3. The third-order valence-electron chi connectivity index (χ3n) is 2.95. The van der Waals surface area contributed by atoms with Gasteiger partial charge in [0.25, 0.3) is 0 Å². The maximum absolute atomic E-state index is 5.50. The first-order valence-corrected chi connectivity index (χ1v) is 7.20. The third-order valence-corrected chi connectivity index (χ3v) is 2.95. The summed E-state index contributed by atoms with van der Waals surface area (Å²) in [5.74, 6) is 8.50. The van der Waals surface area contributed by atoms with Gasteiger partial charge < -0.3 is 15.2 Å². The van der Waals surface area contributed by atoms with Crippen molar-refractivity contribution in [3.05, 3.63) is 11.9 Å². The monoisotopic (exact) mass is 280 g/mol. The molecule has 1 aromatic rings. The van der Waals surface area contributed by atoms with Crippen molar-refractivity contribution < 1.29 is 0 Å². The molecule has 0 fully saturated rings. The fraction of sp³-hybridized carbons (Fsp3) is 0.714. The van der Waals surface area contributed by atoms with Crippen molar-refractivity contribution >= 4 is 11.6 Å². The van der Waals surface area contributed by atoms with Crippen LogP contribution >= 0.6 is 0 Å². The van der Waals surface area contributed by atoms with Crippen LogP contribution in [0.25, 0.3) is 0 Å². The highest BCUT2D eigenvalue weighted by Gasteiger charge is 2.13. The first-order chi connectivity index (χ1) is 9.46. The van der Waals surface area contributed by atoms with Crippen LogP contribution in [-0.4, -0.2) is 48.6 Å². The topological polar surface area (TPSA) is 70.3 Å². The van der Waals surface area contributed by atoms with E-state index >= 15 is 0 Å². The van der Waals surface area contributed by atoms with Gasteiger partial charge in [0.15, 0.2) is 0 Å². The summed E-state index contributed by atoms with van der Waals surface area (Å²) in [6, 6.07) is 1.91. The molecule has 0 aliphatic carbocycles. The zero-order valence-corrected chi connectivity index (χ0v) is 13.3. The normalized spacial score (nSPS) is 11.2. The molecule has 1 aromatic heterocycles. The predicted molar refractivity (Wildman–Crippen MR) is 84.8 cm³/mol. The van der Waals surface area contributed by atoms with Crippen LogP contribution < -0.4 is 16.2 Å². The molecule has 0 saturated carbocycles. The molecule has 0 amide bonds. The van der Waals surface area contributed by atoms with E-state index in [1.54, 1.807) is 0 Å². The third kappa shape index (κ3) is 5.30. The molecule has 6 heteroatoms. The van der Waals surface area contributed by atoms with Gasteiger partial charge in [-0.3, -0.25) is 0 Å². The van der Waals surface area contributed by atoms with Gasteiger partial charge in [0.1, 0.15) is 17.5 Å². The molecule has 114 valence electrons. The van der Waals surface area contributed by atoms with Crippen molar-refractivity contribution in [3.8, 4) is 0 Å². The Kier molecular flexibility index (Phi) is 6.67. The Labute approximate surface area is 122 Å². The number of nitrogen functional groups attached to an aromatic ring is 1. The van der Waals surface area contributed by atoms with E-state index in [-0.39, 0.29) is 0 Å². The molecule has 0 aromatic carbocycles. The minimum absolute atomic E-state index is 0.575. The second kappa shape index (κ2) is 8.01. The minimum atomic E-state index is 0.575. The van der Waals surface area contributed by atoms with E-state index in [1.165, 1.54) is 0 Å². The first kappa shape index (κ1) is 16.7. The van der Waals surface area contributed by atoms with Crippen molar-refractivity contribution in [2.45, 2.75) is 27.2 Å². The van der Waals surface area contributed by atoms with E-state index in [1.807, 2.05) is 13.0 Å². The Morgan fingerprint density at radius 2 is 1.95 bits per heavy atom. The van der Waals surface area contributed by atoms with Gasteiger partial charge in [-0.05, 0) is 20.0 Å². The fourth-order valence-corrected chi connectivity index (χ4v) is 1.94. The van der Waals surface area contributed by atoms with E-state index in [9.17, 15) is 0 Å². The summed E-state index contributed by atoms with van der Waals surface area (Å²) in [4.78, 5) is 13.5. The average molecular weight is 280 g/mol. The number of nitrogens with two attached hydrogens (primary N) is 1. The molecule has 0 unspecified atom stereocenters. The lowest BCUT2D eigenvalue weighted by Gasteiger charge is -2.27. The number of hydrazine groups is 1. The summed E-state index contributed by atoms with van der Waals surface area (Å²) in [5, 5.41) is 0. The molecule has 0 radical (unpaired) electrons. The van der Waals surface area contributed by atoms with Crippen molar-refractivity contribution in [1.29, 1.82) is 0 Å². The van der Waals surface area contributed by atoms with Gasteiger partial charge in [0.05, 0.1) is 0 Å². The summed E-state index contributed by atoms with van der Waals surface area (Å²) >= 11 is 0. The number of rotatable bonds is 8. The van der Waals surface area contributed by atoms with Crippen LogP contribution in [0.15, 0.2) is 6.07 Å². The van der Waals surface area contributed by atoms with Crippen molar-refractivity contribution in [2.24, 2.45) is 11.8 Å². The van der Waals surface area contributed by atoms with Gasteiger partial charge >= 0.3 is 0 Å². The van der Waals surface area contributed by atoms with Gasteiger partial charge in [-0.15, -0.1) is 0 Å². The van der Waals surface area contributed by atoms with Gasteiger partial charge in [0.2, 0.25) is 0 Å². The summed E-state index contributed by atoms with van der Waals surface area (Å²) in [7, 11) is 4.16. The maximum Gasteiger partial charge on any atom is 0.145 e. The summed E-state index contributed by atoms with van der Waals surface area (Å²) < 4.78 is 0. The molecule has 20 heavy (non-hydrogen) atoms. The number of anilines is 2. The number of nitrogens with one attached hydrogen (secondary N) is 1. The lowest BCUT2D eigenvalue weighted by molar-refractivity contribution is 0.408. The predicted octanol–water partition coefficient (Wildman–Crippen LogP) is 1.35. The molecule has 0 saturated heterocycles. The Morgan fingerprint density at radius 1 is 1.25 bits per heavy atom. The molecule has 1 rings (SSSR count). The van der Waals surface area contributed by atoms with Crippen LogP contribution in [0.5, 0.6) is 0 Å². The zero-order chi connectivity index (χ0) is 15.1. The van der Waals surface area contributed by atoms with Gasteiger partial charge in [-0.2, -0.15) is 0 Å². The number of aromatic nitrogens is 2. The quantitative estimate of drug-likeness (QED) is 0.553. The molecule has 0 bridgehead atoms. The van der Waals surface area contributed by atoms with E-state index in [2.05, 4.69) is 53.1 Å². The van der Waals surface area contributed by atoms with E-state index in [0.717, 1.165) is 37.7 Å². The van der Waals surface area contributed by atoms with E-state index in [0.29, 0.717) is 11.7 Å². The summed E-state index contributed by atoms with van der Waals surface area (Å²) in [6.45, 7) is 9.38. The number of aryl methyl sites for hydroxylation is 1. The van der Waals surface area contributed by atoms with Crippen molar-refractivity contribution in [3.63, 3.8) is 0 Å². The van der Waals surface area contributed by atoms with Crippen LogP contribution in [-0.2, 0) is 6.42 Å². The molecule has 6 nitrogen and oxygen atoms in total. The number of likely N-dealkylation sites (N-methyl/N-ethyl adjacent to an activating group) is 1. The van der Waals surface area contributed by atoms with Gasteiger partial charge in [-0.1, -0.05) is 20.8 Å². The minimum Gasteiger partial charge on any atom is -0.355 e. The first-order valence-electron chi connectivity index (χ1n) is 7.20. The second-order valence-electron chi connectivity index (χ2n) is 5.67. The van der Waals surface area contributed by atoms with E-state index in [4.69, 9.17) is 5.84 Å². The van der Waals surface area contributed by atoms with Crippen LogP contribution in [0.3, 0.4) is 0 Å². The highest BCUT2D eigenvalue weighted by Crippen LogP contribution is 2.17. The molecule has 1 heterocycles. The van der Waals surface area contributed by atoms with Gasteiger partial charge in [0, 0.05) is 32.1 Å². The molecule has 0 aliphatic rings.